The lowest BCUT2D eigenvalue weighted by Crippen LogP contribution is -2.37. The Morgan fingerprint density at radius 1 is 0.718 bits per heavy atom. The fourth-order valence-electron chi connectivity index (χ4n) is 5.22. The van der Waals surface area contributed by atoms with E-state index < -0.39 is 18.1 Å². The van der Waals surface area contributed by atoms with Crippen molar-refractivity contribution >= 4 is 23.2 Å². The highest BCUT2D eigenvalue weighted by atomic mass is 16.7. The van der Waals surface area contributed by atoms with Gasteiger partial charge in [-0.3, -0.25) is 14.4 Å². The average Bonchev–Trinajstić information content (AvgIpc) is 3.49. The van der Waals surface area contributed by atoms with Crippen LogP contribution in [0.5, 0.6) is 11.5 Å². The van der Waals surface area contributed by atoms with Gasteiger partial charge in [0, 0.05) is 0 Å². The first-order chi connectivity index (χ1) is 19.2. The molecular weight excluding hydrogens is 492 g/mol. The minimum absolute atomic E-state index is 0.290. The molecule has 2 fully saturated rings. The minimum Gasteiger partial charge on any atom is -0.490 e. The highest BCUT2D eigenvalue weighted by Gasteiger charge is 2.60. The Kier molecular flexibility index (Phi) is 6.73. The van der Waals surface area contributed by atoms with Crippen molar-refractivity contribution in [1.29, 1.82) is 0 Å². The number of imide groups is 1. The lowest BCUT2D eigenvalue weighted by atomic mass is 9.90. The van der Waals surface area contributed by atoms with Gasteiger partial charge in [-0.2, -0.15) is 0 Å². The molecule has 0 N–H and O–H groups in total. The van der Waals surface area contributed by atoms with Gasteiger partial charge in [0.1, 0.15) is 12.5 Å². The van der Waals surface area contributed by atoms with Gasteiger partial charge in [-0.15, -0.1) is 0 Å². The highest BCUT2D eigenvalue weighted by Crippen LogP contribution is 2.48. The molecule has 0 radical (unpaired) electrons. The van der Waals surface area contributed by atoms with Crippen LogP contribution in [0.3, 0.4) is 0 Å². The van der Waals surface area contributed by atoms with Gasteiger partial charge in [0.15, 0.2) is 17.6 Å². The lowest BCUT2D eigenvalue weighted by Gasteiger charge is -2.29. The molecule has 0 unspecified atom stereocenters. The standard InChI is InChI=1S/C32H28N2O5/c1-2-37-27-20-23(18-19-26(27)38-21-22-12-6-3-7-13-22)29-28-30(39-34(29)25-16-10-5-11-17-25)32(36)33(31(28)35)24-14-8-4-9-15-24/h3-20,28-30H,2,21H2,1H3/t28-,29+,30-/m0/s1. The maximum absolute atomic E-state index is 13.8. The monoisotopic (exact) mass is 520 g/mol. The Morgan fingerprint density at radius 3 is 2.03 bits per heavy atom. The second-order valence-electron chi connectivity index (χ2n) is 9.42. The summed E-state index contributed by atoms with van der Waals surface area (Å²) in [7, 11) is 0. The molecule has 2 aliphatic rings. The van der Waals surface area contributed by atoms with E-state index in [0.717, 1.165) is 16.8 Å². The molecule has 7 nitrogen and oxygen atoms in total. The number of ether oxygens (including phenoxy) is 2. The van der Waals surface area contributed by atoms with Gasteiger partial charge in [0.2, 0.25) is 5.91 Å². The molecule has 2 aliphatic heterocycles. The summed E-state index contributed by atoms with van der Waals surface area (Å²) in [5.41, 5.74) is 3.13. The molecule has 2 saturated heterocycles. The number of amides is 2. The largest absolute Gasteiger partial charge is 0.490 e. The third kappa shape index (κ3) is 4.62. The van der Waals surface area contributed by atoms with E-state index in [1.165, 1.54) is 4.90 Å². The van der Waals surface area contributed by atoms with Gasteiger partial charge < -0.3 is 9.47 Å². The van der Waals surface area contributed by atoms with E-state index in [1.54, 1.807) is 29.3 Å². The molecule has 0 aliphatic carbocycles. The molecule has 4 aromatic carbocycles. The van der Waals surface area contributed by atoms with Crippen LogP contribution in [-0.2, 0) is 21.0 Å². The van der Waals surface area contributed by atoms with Crippen molar-refractivity contribution in [3.63, 3.8) is 0 Å². The second kappa shape index (κ2) is 10.6. The molecule has 2 heterocycles. The third-order valence-electron chi connectivity index (χ3n) is 6.99. The van der Waals surface area contributed by atoms with E-state index >= 15 is 0 Å². The summed E-state index contributed by atoms with van der Waals surface area (Å²) in [5, 5.41) is 1.68. The first kappa shape index (κ1) is 24.7. The average molecular weight is 521 g/mol. The summed E-state index contributed by atoms with van der Waals surface area (Å²) in [4.78, 5) is 34.8. The summed E-state index contributed by atoms with van der Waals surface area (Å²) in [6.07, 6.45) is -0.938. The SMILES string of the molecule is CCOc1cc([C@@H]2[C@@H]3C(=O)N(c4ccccc4)C(=O)[C@H]3ON2c2ccccc2)ccc1OCc1ccccc1. The van der Waals surface area contributed by atoms with E-state index in [0.29, 0.717) is 30.4 Å². The summed E-state index contributed by atoms with van der Waals surface area (Å²) < 4.78 is 12.1. The van der Waals surface area contributed by atoms with Gasteiger partial charge in [-0.1, -0.05) is 72.8 Å². The van der Waals surface area contributed by atoms with Crippen LogP contribution in [0.2, 0.25) is 0 Å². The van der Waals surface area contributed by atoms with Crippen LogP contribution in [0, 0.1) is 5.92 Å². The van der Waals surface area contributed by atoms with E-state index in [9.17, 15) is 9.59 Å². The zero-order valence-corrected chi connectivity index (χ0v) is 21.5. The van der Waals surface area contributed by atoms with Crippen LogP contribution in [0.4, 0.5) is 11.4 Å². The first-order valence-corrected chi connectivity index (χ1v) is 13.0. The summed E-state index contributed by atoms with van der Waals surface area (Å²) in [6.45, 7) is 2.75. The molecule has 6 rings (SSSR count). The number of hydrogen-bond donors (Lipinski definition) is 0. The van der Waals surface area contributed by atoms with E-state index in [2.05, 4.69) is 0 Å². The number of carbonyl (C=O) groups is 2. The topological polar surface area (TPSA) is 68.3 Å². The van der Waals surface area contributed by atoms with Crippen molar-refractivity contribution in [2.24, 2.45) is 5.92 Å². The number of hydroxylamine groups is 1. The predicted octanol–water partition coefficient (Wildman–Crippen LogP) is 5.72. The van der Waals surface area contributed by atoms with E-state index in [4.69, 9.17) is 14.3 Å². The third-order valence-corrected chi connectivity index (χ3v) is 6.99. The molecular formula is C32H28N2O5. The van der Waals surface area contributed by atoms with Gasteiger partial charge in [0.25, 0.3) is 5.91 Å². The number of hydrogen-bond acceptors (Lipinski definition) is 6. The fourth-order valence-corrected chi connectivity index (χ4v) is 5.22. The van der Waals surface area contributed by atoms with Crippen LogP contribution in [0.15, 0.2) is 109 Å². The van der Waals surface area contributed by atoms with Crippen LogP contribution < -0.4 is 19.4 Å². The number of nitrogens with zero attached hydrogens (tertiary/aromatic N) is 2. The number of carbonyl (C=O) groups excluding carboxylic acids is 2. The number of fused-ring (bicyclic) bond motifs is 1. The molecule has 39 heavy (non-hydrogen) atoms. The molecule has 0 spiro atoms. The number of rotatable bonds is 8. The molecule has 7 heteroatoms. The maximum atomic E-state index is 13.8. The van der Waals surface area contributed by atoms with Gasteiger partial charge in [-0.25, -0.2) is 9.96 Å². The Morgan fingerprint density at radius 2 is 1.36 bits per heavy atom. The molecule has 0 bridgehead atoms. The van der Waals surface area contributed by atoms with Gasteiger partial charge in [0.05, 0.1) is 24.0 Å². The van der Waals surface area contributed by atoms with Crippen molar-refractivity contribution in [1.82, 2.24) is 0 Å². The van der Waals surface area contributed by atoms with E-state index in [1.807, 2.05) is 91.9 Å². The Balaban J connectivity index is 1.37. The van der Waals surface area contributed by atoms with E-state index in [-0.39, 0.29) is 11.8 Å². The number of anilines is 2. The summed E-state index contributed by atoms with van der Waals surface area (Å²) in [5.74, 6) is -0.219. The van der Waals surface area contributed by atoms with Crippen LogP contribution in [0.25, 0.3) is 0 Å². The van der Waals surface area contributed by atoms with Crippen molar-refractivity contribution in [3.05, 3.63) is 120 Å². The Bertz CT molecular complexity index is 1460. The number of para-hydroxylation sites is 2. The Labute approximate surface area is 227 Å². The van der Waals surface area contributed by atoms with Crippen molar-refractivity contribution in [2.45, 2.75) is 25.7 Å². The number of benzene rings is 4. The molecule has 0 saturated carbocycles. The smallest absolute Gasteiger partial charge is 0.266 e. The summed E-state index contributed by atoms with van der Waals surface area (Å²) in [6, 6.07) is 33.5. The van der Waals surface area contributed by atoms with Gasteiger partial charge >= 0.3 is 0 Å². The molecule has 196 valence electrons. The zero-order valence-electron chi connectivity index (χ0n) is 21.5. The minimum atomic E-state index is -0.938. The van der Waals surface area contributed by atoms with Crippen molar-refractivity contribution in [2.75, 3.05) is 16.6 Å². The molecule has 3 atom stereocenters. The maximum Gasteiger partial charge on any atom is 0.266 e. The first-order valence-electron chi connectivity index (χ1n) is 13.0. The van der Waals surface area contributed by atoms with Crippen molar-refractivity contribution < 1.29 is 23.9 Å². The van der Waals surface area contributed by atoms with Gasteiger partial charge in [-0.05, 0) is 54.4 Å². The zero-order chi connectivity index (χ0) is 26.8. The molecule has 4 aromatic rings. The van der Waals surface area contributed by atoms with Crippen LogP contribution in [-0.4, -0.2) is 24.5 Å². The predicted molar refractivity (Wildman–Crippen MR) is 147 cm³/mol. The van der Waals surface area contributed by atoms with Crippen LogP contribution in [0.1, 0.15) is 24.1 Å². The quantitative estimate of drug-likeness (QED) is 0.277. The highest BCUT2D eigenvalue weighted by molar-refractivity contribution is 6.23. The normalized spacial score (nSPS) is 20.3. The van der Waals surface area contributed by atoms with Crippen LogP contribution >= 0.6 is 0 Å². The fraction of sp³-hybridized carbons (Fsp3) is 0.188. The summed E-state index contributed by atoms with van der Waals surface area (Å²) >= 11 is 0. The molecule has 0 aromatic heterocycles. The lowest BCUT2D eigenvalue weighted by molar-refractivity contribution is -0.126. The molecule has 2 amide bonds. The second-order valence-corrected chi connectivity index (χ2v) is 9.42. The van der Waals surface area contributed by atoms with Crippen molar-refractivity contribution in [3.8, 4) is 11.5 Å². The Hall–Kier alpha value is -4.62.